The van der Waals surface area contributed by atoms with Crippen LogP contribution in [0.25, 0.3) is 0 Å². The fourth-order valence-electron chi connectivity index (χ4n) is 10.6. The van der Waals surface area contributed by atoms with Crippen molar-refractivity contribution in [1.82, 2.24) is 10.6 Å². The van der Waals surface area contributed by atoms with Crippen LogP contribution in [0.4, 0.5) is 0 Å². The highest BCUT2D eigenvalue weighted by atomic mass is 16.8. The number of hydrogen-bond donors (Lipinski definition) is 22. The fourth-order valence-corrected chi connectivity index (χ4v) is 10.6. The van der Waals surface area contributed by atoms with Crippen molar-refractivity contribution in [3.05, 3.63) is 0 Å². The Labute approximate surface area is 470 Å². The number of amides is 2. The van der Waals surface area contributed by atoms with Crippen molar-refractivity contribution in [2.45, 2.75) is 236 Å². The van der Waals surface area contributed by atoms with Crippen LogP contribution in [-0.4, -0.2) is 368 Å². The van der Waals surface area contributed by atoms with Crippen molar-refractivity contribution in [1.29, 1.82) is 0 Å². The molecule has 7 aliphatic heterocycles. The molecular weight excluding hydrogens is 1140 g/mol. The molecule has 0 spiro atoms. The molecule has 37 heteroatoms. The highest BCUT2D eigenvalue weighted by Gasteiger charge is 2.59. The van der Waals surface area contributed by atoms with Crippen LogP contribution in [0.5, 0.6) is 0 Å². The summed E-state index contributed by atoms with van der Waals surface area (Å²) in [4.78, 5) is 25.1. The lowest BCUT2D eigenvalue weighted by atomic mass is 9.93. The number of rotatable bonds is 20. The van der Waals surface area contributed by atoms with E-state index in [1.54, 1.807) is 0 Å². The quantitative estimate of drug-likeness (QED) is 0.0538. The Bertz CT molecular complexity index is 2040. The van der Waals surface area contributed by atoms with Crippen LogP contribution in [0, 0.1) is 0 Å². The second-order valence-electron chi connectivity index (χ2n) is 21.1. The summed E-state index contributed by atoms with van der Waals surface area (Å²) < 4.78 is 75.3. The number of carbonyl (C=O) groups excluding carboxylic acids is 2. The van der Waals surface area contributed by atoms with E-state index in [1.165, 1.54) is 6.92 Å². The molecule has 0 saturated carbocycles. The van der Waals surface area contributed by atoms with Crippen molar-refractivity contribution < 1.29 is 173 Å². The lowest BCUT2D eigenvalue weighted by Gasteiger charge is -2.51. The van der Waals surface area contributed by atoms with E-state index in [9.17, 15) is 112 Å². The van der Waals surface area contributed by atoms with Gasteiger partial charge in [-0.15, -0.1) is 0 Å². The number of nitrogens with one attached hydrogen (secondary N) is 2. The summed E-state index contributed by atoms with van der Waals surface area (Å²) in [5.41, 5.74) is 0. The SMILES string of the molecule is CC(=O)N[C@H]1C(O[C@@H]2[C@H](O)[C@@H](OC3O[C@@H](C)[C@@H](O)[C@@H](O)[C@@H]3O)C(O[C@H]3[C@@H](O)[C@@H](CO)OC(O)[C@@H]3NC(C)=O)O[C@@H]2CO)O[C@H](CO)[C@@H](OC2O[C@H](COC3O[C@H](CO)[C@@H](O)[C@H](O)[C@@H]3O)[C@@H](OC3O[C@H](CO)[C@@H](O)[C@H](O)[C@@H]3O)[C@H](O)[C@H]2O)[C@@H]1O. The van der Waals surface area contributed by atoms with Crippen LogP contribution in [0.2, 0.25) is 0 Å². The molecule has 482 valence electrons. The Morgan fingerprint density at radius 1 is 0.337 bits per heavy atom. The van der Waals surface area contributed by atoms with Gasteiger partial charge in [-0.2, -0.15) is 0 Å². The zero-order valence-corrected chi connectivity index (χ0v) is 44.5. The van der Waals surface area contributed by atoms with Gasteiger partial charge in [0.15, 0.2) is 44.0 Å². The maximum atomic E-state index is 12.9. The molecule has 35 atom stereocenters. The minimum Gasteiger partial charge on any atom is -0.394 e. The van der Waals surface area contributed by atoms with E-state index in [0.29, 0.717) is 0 Å². The molecule has 7 heterocycles. The van der Waals surface area contributed by atoms with Crippen LogP contribution in [0.15, 0.2) is 0 Å². The summed E-state index contributed by atoms with van der Waals surface area (Å²) in [5, 5.41) is 221. The Hall–Kier alpha value is -2.38. The Balaban J connectivity index is 1.16. The third-order valence-corrected chi connectivity index (χ3v) is 15.3. The highest BCUT2D eigenvalue weighted by molar-refractivity contribution is 5.73. The molecule has 7 saturated heterocycles. The highest BCUT2D eigenvalue weighted by Crippen LogP contribution is 2.38. The van der Waals surface area contributed by atoms with Gasteiger partial charge >= 0.3 is 0 Å². The van der Waals surface area contributed by atoms with Crippen LogP contribution >= 0.6 is 0 Å². The lowest BCUT2D eigenvalue weighted by Crippen LogP contribution is -2.71. The summed E-state index contributed by atoms with van der Waals surface area (Å²) in [5.74, 6) is -1.69. The summed E-state index contributed by atoms with van der Waals surface area (Å²) >= 11 is 0. The first-order valence-electron chi connectivity index (χ1n) is 26.5. The first-order chi connectivity index (χ1) is 39.2. The molecule has 2 amide bonds. The van der Waals surface area contributed by atoms with E-state index in [1.807, 2.05) is 0 Å². The minimum atomic E-state index is -2.30. The van der Waals surface area contributed by atoms with E-state index in [2.05, 4.69) is 10.6 Å². The first kappa shape index (κ1) is 68.1. The molecule has 37 nitrogen and oxygen atoms in total. The van der Waals surface area contributed by atoms with Crippen LogP contribution in [0.3, 0.4) is 0 Å². The molecule has 7 unspecified atom stereocenters. The van der Waals surface area contributed by atoms with Crippen LogP contribution < -0.4 is 10.6 Å². The van der Waals surface area contributed by atoms with Gasteiger partial charge in [0, 0.05) is 13.8 Å². The van der Waals surface area contributed by atoms with Crippen molar-refractivity contribution >= 4 is 11.8 Å². The van der Waals surface area contributed by atoms with Gasteiger partial charge in [0.1, 0.15) is 165 Å². The predicted octanol–water partition coefficient (Wildman–Crippen LogP) is -15.0. The van der Waals surface area contributed by atoms with Crippen molar-refractivity contribution in [2.24, 2.45) is 0 Å². The Kier molecular flexibility index (Phi) is 24.0. The third kappa shape index (κ3) is 14.7. The molecule has 7 rings (SSSR count). The Morgan fingerprint density at radius 2 is 0.711 bits per heavy atom. The van der Waals surface area contributed by atoms with Crippen molar-refractivity contribution in [3.8, 4) is 0 Å². The molecule has 0 bridgehead atoms. The second-order valence-corrected chi connectivity index (χ2v) is 21.1. The van der Waals surface area contributed by atoms with E-state index in [0.717, 1.165) is 13.8 Å². The average Bonchev–Trinajstić information content (AvgIpc) is 3.40. The molecule has 22 N–H and O–H groups in total. The fraction of sp³-hybridized carbons (Fsp3) is 0.957. The van der Waals surface area contributed by atoms with Crippen molar-refractivity contribution in [2.75, 3.05) is 39.6 Å². The number of ether oxygens (including phenoxy) is 13. The van der Waals surface area contributed by atoms with E-state index < -0.39 is 266 Å². The summed E-state index contributed by atoms with van der Waals surface area (Å²) in [6.07, 6.45) is -63.7. The average molecular weight is 1220 g/mol. The zero-order valence-electron chi connectivity index (χ0n) is 44.5. The van der Waals surface area contributed by atoms with Gasteiger partial charge < -0.3 is 174 Å². The number of hydrogen-bond acceptors (Lipinski definition) is 35. The summed E-state index contributed by atoms with van der Waals surface area (Å²) in [6, 6.07) is -3.53. The molecule has 0 aliphatic carbocycles. The first-order valence-corrected chi connectivity index (χ1v) is 26.5. The predicted molar refractivity (Wildman–Crippen MR) is 254 cm³/mol. The van der Waals surface area contributed by atoms with Gasteiger partial charge in [-0.05, 0) is 6.92 Å². The number of aliphatic hydroxyl groups excluding tert-OH is 20. The molecule has 7 aliphatic rings. The molecule has 0 radical (unpaired) electrons. The van der Waals surface area contributed by atoms with E-state index in [-0.39, 0.29) is 0 Å². The van der Waals surface area contributed by atoms with Crippen molar-refractivity contribution in [3.63, 3.8) is 0 Å². The minimum absolute atomic E-state index is 0.783. The van der Waals surface area contributed by atoms with Gasteiger partial charge in [0.05, 0.1) is 45.7 Å². The summed E-state index contributed by atoms with van der Waals surface area (Å²) in [7, 11) is 0. The smallest absolute Gasteiger partial charge is 0.217 e. The van der Waals surface area contributed by atoms with Gasteiger partial charge in [0.2, 0.25) is 11.8 Å². The largest absolute Gasteiger partial charge is 0.394 e. The maximum Gasteiger partial charge on any atom is 0.217 e. The van der Waals surface area contributed by atoms with Gasteiger partial charge in [-0.3, -0.25) is 9.59 Å². The topological polar surface area (TPSA) is 583 Å². The van der Waals surface area contributed by atoms with E-state index >= 15 is 0 Å². The number of carbonyl (C=O) groups is 2. The normalized spacial score (nSPS) is 50.8. The third-order valence-electron chi connectivity index (χ3n) is 15.3. The molecule has 0 aromatic heterocycles. The van der Waals surface area contributed by atoms with Gasteiger partial charge in [-0.25, -0.2) is 0 Å². The van der Waals surface area contributed by atoms with E-state index in [4.69, 9.17) is 61.6 Å². The summed E-state index contributed by atoms with van der Waals surface area (Å²) in [6.45, 7) is -2.61. The van der Waals surface area contributed by atoms with Gasteiger partial charge in [0.25, 0.3) is 0 Å². The molecule has 0 aromatic carbocycles. The second kappa shape index (κ2) is 29.3. The number of aliphatic hydroxyl groups is 20. The van der Waals surface area contributed by atoms with Crippen LogP contribution in [0.1, 0.15) is 20.8 Å². The Morgan fingerprint density at radius 3 is 1.24 bits per heavy atom. The lowest BCUT2D eigenvalue weighted by molar-refractivity contribution is -0.398. The maximum absolute atomic E-state index is 12.9. The zero-order chi connectivity index (χ0) is 61.2. The van der Waals surface area contributed by atoms with Gasteiger partial charge in [-0.1, -0.05) is 0 Å². The molecular formula is C46H78N2O35. The molecule has 0 aromatic rings. The monoisotopic (exact) mass is 1220 g/mol. The molecule has 7 fully saturated rings. The molecule has 83 heavy (non-hydrogen) atoms. The van der Waals surface area contributed by atoms with Crippen LogP contribution in [-0.2, 0) is 71.2 Å². The standard InChI is InChI=1S/C46H78N2O35/c1-10-21(56)26(61)31(66)43(72-10)83-39-34(69)36(17(8-53)77-46(39)82-38-20(48-12(3)55)40(70)73-15(6-51)24(38)59)79-41-19(47-11(2)54)25(60)35(16(7-52)76-41)80-45-33(68)29(64)37(81-44-32(67)28(63)23(58)14(5-50)75-44)18(78-45)9-71-42-30(65)27(62)22(57)13(4-49)74-42/h10,13-46,49-53,56-70H,4-9H2,1-3H3,(H,47,54)(H,48,55)/t10-,13+,14+,15+,16+,17+,18+,19+,20+,21+,22+,23+,24-,25+,26+,27-,28-,29+,30-,31-,32-,33+,34-,35+,36-,37+,38+,39+,40?,41?,42?,43?,44?,45?,46?/m0/s1.